The Morgan fingerprint density at radius 3 is 2.54 bits per heavy atom. The zero-order valence-corrected chi connectivity index (χ0v) is 19.2. The molecule has 1 atom stereocenters. The fraction of sp³-hybridized carbons (Fsp3) is 0.185. The number of aromatic nitrogens is 3. The van der Waals surface area contributed by atoms with Crippen molar-refractivity contribution >= 4 is 5.91 Å². The number of halogens is 1. The Balaban J connectivity index is 0.000000172. The normalized spacial score (nSPS) is 13.9. The Morgan fingerprint density at radius 1 is 1.03 bits per heavy atom. The zero-order valence-electron chi connectivity index (χ0n) is 19.2. The highest BCUT2D eigenvalue weighted by Gasteiger charge is 2.24. The quantitative estimate of drug-likeness (QED) is 0.439. The molecule has 3 heterocycles. The largest absolute Gasteiger partial charge is 0.491 e. The maximum Gasteiger partial charge on any atom is 0.251 e. The fourth-order valence-corrected chi connectivity index (χ4v) is 3.49. The minimum absolute atomic E-state index is 0.183. The van der Waals surface area contributed by atoms with Crippen LogP contribution < -0.4 is 14.8 Å². The third-order valence-corrected chi connectivity index (χ3v) is 5.20. The van der Waals surface area contributed by atoms with E-state index in [2.05, 4.69) is 20.3 Å². The van der Waals surface area contributed by atoms with Crippen molar-refractivity contribution in [2.45, 2.75) is 19.4 Å². The Bertz CT molecular complexity index is 1240. The van der Waals surface area contributed by atoms with Crippen molar-refractivity contribution < 1.29 is 18.7 Å². The summed E-state index contributed by atoms with van der Waals surface area (Å²) in [6, 6.07) is 18.9. The van der Waals surface area contributed by atoms with E-state index in [0.29, 0.717) is 36.8 Å². The van der Waals surface area contributed by atoms with Gasteiger partial charge in [-0.25, -0.2) is 14.4 Å². The van der Waals surface area contributed by atoms with E-state index < -0.39 is 0 Å². The molecule has 35 heavy (non-hydrogen) atoms. The molecule has 1 aliphatic rings. The molecule has 8 heteroatoms. The van der Waals surface area contributed by atoms with E-state index in [1.807, 2.05) is 43.3 Å². The molecule has 0 spiro atoms. The topological polar surface area (TPSA) is 86.2 Å². The van der Waals surface area contributed by atoms with Crippen LogP contribution in [0, 0.1) is 5.82 Å². The summed E-state index contributed by atoms with van der Waals surface area (Å²) in [7, 11) is 0. The number of benzene rings is 2. The van der Waals surface area contributed by atoms with Crippen LogP contribution in [0.4, 0.5) is 4.39 Å². The van der Waals surface area contributed by atoms with Crippen molar-refractivity contribution in [1.29, 1.82) is 0 Å². The van der Waals surface area contributed by atoms with Gasteiger partial charge in [-0.2, -0.15) is 0 Å². The molecule has 5 rings (SSSR count). The number of pyridine rings is 1. The van der Waals surface area contributed by atoms with Crippen molar-refractivity contribution in [3.63, 3.8) is 0 Å². The van der Waals surface area contributed by atoms with Gasteiger partial charge in [-0.15, -0.1) is 0 Å². The van der Waals surface area contributed by atoms with Gasteiger partial charge in [0.25, 0.3) is 5.91 Å². The van der Waals surface area contributed by atoms with Gasteiger partial charge in [-0.3, -0.25) is 9.78 Å². The van der Waals surface area contributed by atoms with Crippen molar-refractivity contribution in [1.82, 2.24) is 20.3 Å². The Morgan fingerprint density at radius 2 is 1.83 bits per heavy atom. The molecule has 0 saturated heterocycles. The second-order valence-corrected chi connectivity index (χ2v) is 7.60. The van der Waals surface area contributed by atoms with Crippen LogP contribution >= 0.6 is 0 Å². The summed E-state index contributed by atoms with van der Waals surface area (Å²) in [6.07, 6.45) is 5.70. The van der Waals surface area contributed by atoms with Crippen LogP contribution in [0.5, 0.6) is 11.6 Å². The molecule has 0 bridgehead atoms. The number of hydrogen-bond donors (Lipinski definition) is 1. The summed E-state index contributed by atoms with van der Waals surface area (Å²) < 4.78 is 23.6. The number of nitrogens with one attached hydrogen (secondary N) is 1. The van der Waals surface area contributed by atoms with E-state index in [4.69, 9.17) is 9.47 Å². The lowest BCUT2D eigenvalue weighted by Crippen LogP contribution is -2.32. The Hall–Kier alpha value is -4.33. The van der Waals surface area contributed by atoms with Gasteiger partial charge in [0.1, 0.15) is 17.3 Å². The van der Waals surface area contributed by atoms with E-state index in [9.17, 15) is 9.18 Å². The monoisotopic (exact) mass is 472 g/mol. The average Bonchev–Trinajstić information content (AvgIpc) is 2.91. The Kier molecular flexibility index (Phi) is 7.96. The molecular formula is C27H25FN4O3. The van der Waals surface area contributed by atoms with E-state index in [0.717, 1.165) is 17.0 Å². The number of amides is 1. The zero-order chi connectivity index (χ0) is 24.5. The molecule has 1 N–H and O–H groups in total. The molecular weight excluding hydrogens is 447 g/mol. The summed E-state index contributed by atoms with van der Waals surface area (Å²) in [4.78, 5) is 24.8. The van der Waals surface area contributed by atoms with Gasteiger partial charge in [-0.1, -0.05) is 30.3 Å². The highest BCUT2D eigenvalue weighted by Crippen LogP contribution is 2.29. The third-order valence-electron chi connectivity index (χ3n) is 5.20. The number of hydrogen-bond acceptors (Lipinski definition) is 6. The number of nitrogens with zero attached hydrogens (tertiary/aromatic N) is 3. The van der Waals surface area contributed by atoms with Crippen LogP contribution in [-0.4, -0.2) is 34.1 Å². The predicted octanol–water partition coefficient (Wildman–Crippen LogP) is 5.02. The van der Waals surface area contributed by atoms with Crippen LogP contribution in [0.25, 0.3) is 11.3 Å². The summed E-state index contributed by atoms with van der Waals surface area (Å²) in [5.41, 5.74) is 3.08. The van der Waals surface area contributed by atoms with Gasteiger partial charge < -0.3 is 14.8 Å². The molecule has 1 amide bonds. The van der Waals surface area contributed by atoms with Crippen LogP contribution in [0.15, 0.2) is 85.3 Å². The van der Waals surface area contributed by atoms with Gasteiger partial charge in [0.2, 0.25) is 5.88 Å². The number of fused-ring (bicyclic) bond motifs is 1. The average molecular weight is 473 g/mol. The van der Waals surface area contributed by atoms with Crippen molar-refractivity contribution in [3.8, 4) is 22.9 Å². The van der Waals surface area contributed by atoms with E-state index in [-0.39, 0.29) is 17.8 Å². The lowest BCUT2D eigenvalue weighted by Gasteiger charge is -2.25. The van der Waals surface area contributed by atoms with Crippen molar-refractivity contribution in [3.05, 3.63) is 102 Å². The van der Waals surface area contributed by atoms with E-state index in [1.165, 1.54) is 24.3 Å². The minimum atomic E-state index is -0.361. The summed E-state index contributed by atoms with van der Waals surface area (Å²) in [5, 5.41) is 2.91. The molecule has 178 valence electrons. The maximum atomic E-state index is 12.8. The molecule has 0 aliphatic carbocycles. The lowest BCUT2D eigenvalue weighted by atomic mass is 10.1. The predicted molar refractivity (Wildman–Crippen MR) is 130 cm³/mol. The first-order valence-electron chi connectivity index (χ1n) is 11.3. The molecule has 7 nitrogen and oxygen atoms in total. The van der Waals surface area contributed by atoms with Gasteiger partial charge in [0, 0.05) is 23.7 Å². The highest BCUT2D eigenvalue weighted by atomic mass is 19.1. The standard InChI is InChI=1S/C15H13FN2O2.C12H12N2O/c16-11-5-3-10(4-6-11)15(19)18-12-7-9-20-13-2-1-8-17-14(12)13;1-2-15-12-9-13-11(8-14-12)10-6-4-3-5-7-10/h1-6,8,12H,7,9H2,(H,18,19);3-9H,2H2,1H3. The first-order valence-corrected chi connectivity index (χ1v) is 11.3. The maximum absolute atomic E-state index is 12.8. The van der Waals surface area contributed by atoms with Crippen LogP contribution in [0.1, 0.15) is 35.4 Å². The van der Waals surface area contributed by atoms with E-state index >= 15 is 0 Å². The van der Waals surface area contributed by atoms with Gasteiger partial charge in [0.05, 0.1) is 37.3 Å². The summed E-state index contributed by atoms with van der Waals surface area (Å²) in [6.45, 7) is 3.07. The molecule has 0 fully saturated rings. The summed E-state index contributed by atoms with van der Waals surface area (Å²) in [5.74, 6) is 0.661. The van der Waals surface area contributed by atoms with Crippen LogP contribution in [-0.2, 0) is 0 Å². The summed E-state index contributed by atoms with van der Waals surface area (Å²) >= 11 is 0. The SMILES string of the molecule is CCOc1cnc(-c2ccccc2)cn1.O=C(NC1CCOc2cccnc21)c1ccc(F)cc1. The number of carbonyl (C=O) groups is 1. The molecule has 0 radical (unpaired) electrons. The molecule has 2 aromatic carbocycles. The first kappa shape index (κ1) is 23.8. The lowest BCUT2D eigenvalue weighted by molar-refractivity contribution is 0.0923. The molecule has 1 aliphatic heterocycles. The van der Waals surface area contributed by atoms with Crippen LogP contribution in [0.3, 0.4) is 0 Å². The van der Waals surface area contributed by atoms with Crippen LogP contribution in [0.2, 0.25) is 0 Å². The number of carbonyl (C=O) groups excluding carboxylic acids is 1. The second kappa shape index (κ2) is 11.7. The fourth-order valence-electron chi connectivity index (χ4n) is 3.49. The van der Waals surface area contributed by atoms with E-state index in [1.54, 1.807) is 24.7 Å². The number of rotatable bonds is 5. The van der Waals surface area contributed by atoms with Crippen molar-refractivity contribution in [2.24, 2.45) is 0 Å². The smallest absolute Gasteiger partial charge is 0.251 e. The van der Waals surface area contributed by atoms with Gasteiger partial charge in [0.15, 0.2) is 0 Å². The number of ether oxygens (including phenoxy) is 2. The first-order chi connectivity index (χ1) is 17.1. The second-order valence-electron chi connectivity index (χ2n) is 7.60. The van der Waals surface area contributed by atoms with Gasteiger partial charge >= 0.3 is 0 Å². The minimum Gasteiger partial charge on any atom is -0.491 e. The molecule has 2 aromatic heterocycles. The highest BCUT2D eigenvalue weighted by molar-refractivity contribution is 5.94. The Labute approximate surface area is 203 Å². The molecule has 4 aromatic rings. The van der Waals surface area contributed by atoms with Crippen molar-refractivity contribution in [2.75, 3.05) is 13.2 Å². The third kappa shape index (κ3) is 6.38. The van der Waals surface area contributed by atoms with Gasteiger partial charge in [-0.05, 0) is 43.3 Å². The molecule has 0 saturated carbocycles. The molecule has 1 unspecified atom stereocenters.